The molecule has 5 aliphatic rings. The van der Waals surface area contributed by atoms with Gasteiger partial charge in [-0.05, 0) is 82.0 Å². The summed E-state index contributed by atoms with van der Waals surface area (Å²) in [5.41, 5.74) is 0.360. The van der Waals surface area contributed by atoms with E-state index in [-0.39, 0.29) is 35.0 Å². The maximum absolute atomic E-state index is 11.7. The zero-order valence-corrected chi connectivity index (χ0v) is 18.3. The number of ether oxygens (including phenoxy) is 3. The summed E-state index contributed by atoms with van der Waals surface area (Å²) in [5, 5.41) is 0. The third-order valence-corrected chi connectivity index (χ3v) is 9.88. The molecule has 0 amide bonds. The van der Waals surface area contributed by atoms with Crippen LogP contribution in [0.2, 0.25) is 0 Å². The first-order valence-electron chi connectivity index (χ1n) is 11.8. The Morgan fingerprint density at radius 1 is 0.897 bits per heavy atom. The summed E-state index contributed by atoms with van der Waals surface area (Å²) in [6, 6.07) is 0. The Hall–Kier alpha value is -1.10. The molecule has 0 aromatic rings. The lowest BCUT2D eigenvalue weighted by atomic mass is 9.44. The van der Waals surface area contributed by atoms with Gasteiger partial charge < -0.3 is 14.2 Å². The minimum absolute atomic E-state index is 0.0623. The van der Waals surface area contributed by atoms with Crippen LogP contribution in [0.1, 0.15) is 79.1 Å². The first-order chi connectivity index (χ1) is 13.8. The predicted octanol–water partition coefficient (Wildman–Crippen LogP) is 4.27. The van der Waals surface area contributed by atoms with Crippen LogP contribution in [0.3, 0.4) is 0 Å². The minimum atomic E-state index is -0.156. The summed E-state index contributed by atoms with van der Waals surface area (Å²) >= 11 is 0. The predicted molar refractivity (Wildman–Crippen MR) is 107 cm³/mol. The van der Waals surface area contributed by atoms with Crippen molar-refractivity contribution in [1.82, 2.24) is 0 Å². The molecular weight excluding hydrogens is 368 g/mol. The Balaban J connectivity index is 1.42. The van der Waals surface area contributed by atoms with Crippen molar-refractivity contribution in [2.75, 3.05) is 0 Å². The van der Waals surface area contributed by atoms with Crippen LogP contribution < -0.4 is 0 Å². The van der Waals surface area contributed by atoms with E-state index < -0.39 is 0 Å². The summed E-state index contributed by atoms with van der Waals surface area (Å²) in [4.78, 5) is 23.2. The van der Waals surface area contributed by atoms with E-state index in [1.807, 2.05) is 0 Å². The number of carbonyl (C=O) groups is 2. The van der Waals surface area contributed by atoms with Crippen molar-refractivity contribution >= 4 is 11.9 Å². The summed E-state index contributed by atoms with van der Waals surface area (Å²) in [5.74, 6) is 2.22. The number of esters is 2. The van der Waals surface area contributed by atoms with Gasteiger partial charge in [0.05, 0.1) is 12.2 Å². The molecule has 29 heavy (non-hydrogen) atoms. The molecule has 10 atom stereocenters. The standard InChI is InChI=1S/C24H36O5/c1-13-24-10-7-16(28-14(2)25)11-20(24)21(27-13)12-17-18-5-6-22(29-15(3)26)23(18,4)9-8-19(17)24/h13,16-22H,5-12H2,1-4H3/t13-,16+,17?,18?,19?,20?,21-,22+,23+,24+/m1/s1. The third kappa shape index (κ3) is 2.75. The number of hydrogen-bond acceptors (Lipinski definition) is 5. The van der Waals surface area contributed by atoms with Crippen LogP contribution in [0.4, 0.5) is 0 Å². The topological polar surface area (TPSA) is 61.8 Å². The molecule has 5 heteroatoms. The lowest BCUT2D eigenvalue weighted by Crippen LogP contribution is -2.58. The van der Waals surface area contributed by atoms with Crippen molar-refractivity contribution in [3.05, 3.63) is 0 Å². The Bertz CT molecular complexity index is 705. The largest absolute Gasteiger partial charge is 0.463 e. The summed E-state index contributed by atoms with van der Waals surface area (Å²) in [7, 11) is 0. The van der Waals surface area contributed by atoms with Gasteiger partial charge in [-0.1, -0.05) is 6.92 Å². The number of carbonyl (C=O) groups excluding carboxylic acids is 2. The van der Waals surface area contributed by atoms with E-state index in [9.17, 15) is 9.59 Å². The molecule has 4 aliphatic carbocycles. The van der Waals surface area contributed by atoms with Crippen molar-refractivity contribution in [2.24, 2.45) is 34.5 Å². The smallest absolute Gasteiger partial charge is 0.302 e. The maximum atomic E-state index is 11.7. The highest BCUT2D eigenvalue weighted by Crippen LogP contribution is 2.70. The van der Waals surface area contributed by atoms with Crippen molar-refractivity contribution in [3.63, 3.8) is 0 Å². The minimum Gasteiger partial charge on any atom is -0.463 e. The van der Waals surface area contributed by atoms with Crippen molar-refractivity contribution in [1.29, 1.82) is 0 Å². The van der Waals surface area contributed by atoms with E-state index in [0.717, 1.165) is 38.5 Å². The van der Waals surface area contributed by atoms with Crippen LogP contribution in [0.5, 0.6) is 0 Å². The van der Waals surface area contributed by atoms with E-state index in [0.29, 0.717) is 35.9 Å². The van der Waals surface area contributed by atoms with Gasteiger partial charge in [0.25, 0.3) is 0 Å². The van der Waals surface area contributed by atoms with Crippen LogP contribution in [0.15, 0.2) is 0 Å². The molecule has 0 spiro atoms. The molecule has 5 nitrogen and oxygen atoms in total. The molecule has 2 bridgehead atoms. The molecule has 1 saturated heterocycles. The van der Waals surface area contributed by atoms with Crippen molar-refractivity contribution < 1.29 is 23.8 Å². The zero-order chi connectivity index (χ0) is 20.6. The van der Waals surface area contributed by atoms with Crippen LogP contribution in [0.25, 0.3) is 0 Å². The molecular formula is C24H36O5. The number of fused-ring (bicyclic) bond motifs is 3. The molecule has 0 radical (unpaired) electrons. The van der Waals surface area contributed by atoms with Gasteiger partial charge in [-0.3, -0.25) is 9.59 Å². The SMILES string of the molecule is CC(=O)O[C@H]1CC[C@@]23C4CC[C@@]5(C)C(CC[C@@H]5OC(C)=O)C4C[C@@H](O[C@@H]2C)C3C1. The highest BCUT2D eigenvalue weighted by molar-refractivity contribution is 5.66. The summed E-state index contributed by atoms with van der Waals surface area (Å²) in [6.45, 7) is 7.74. The zero-order valence-electron chi connectivity index (χ0n) is 18.3. The molecule has 5 rings (SSSR count). The average molecular weight is 405 g/mol. The summed E-state index contributed by atoms with van der Waals surface area (Å²) < 4.78 is 18.0. The first kappa shape index (κ1) is 19.8. The van der Waals surface area contributed by atoms with Gasteiger partial charge >= 0.3 is 11.9 Å². The normalized spacial score (nSPS) is 52.8. The van der Waals surface area contributed by atoms with Crippen molar-refractivity contribution in [3.8, 4) is 0 Å². The van der Waals surface area contributed by atoms with Gasteiger partial charge in [-0.2, -0.15) is 0 Å². The summed E-state index contributed by atoms with van der Waals surface area (Å²) in [6.07, 6.45) is 9.45. The Morgan fingerprint density at radius 2 is 1.66 bits per heavy atom. The quantitative estimate of drug-likeness (QED) is 0.643. The molecule has 0 aromatic heterocycles. The number of rotatable bonds is 2. The lowest BCUT2D eigenvalue weighted by molar-refractivity contribution is -0.166. The fourth-order valence-electron chi connectivity index (χ4n) is 8.92. The second kappa shape index (κ2) is 6.70. The van der Waals surface area contributed by atoms with E-state index in [4.69, 9.17) is 14.2 Å². The molecule has 0 N–H and O–H groups in total. The molecule has 4 saturated carbocycles. The van der Waals surface area contributed by atoms with Gasteiger partial charge in [0.15, 0.2) is 0 Å². The van der Waals surface area contributed by atoms with Crippen LogP contribution in [-0.4, -0.2) is 36.4 Å². The lowest BCUT2D eigenvalue weighted by Gasteiger charge is -2.60. The van der Waals surface area contributed by atoms with E-state index in [1.165, 1.54) is 19.8 Å². The van der Waals surface area contributed by atoms with Crippen molar-refractivity contribution in [2.45, 2.75) is 103 Å². The molecule has 0 aromatic carbocycles. The third-order valence-electron chi connectivity index (χ3n) is 9.88. The molecule has 1 heterocycles. The first-order valence-corrected chi connectivity index (χ1v) is 11.8. The molecule has 4 unspecified atom stereocenters. The Kier molecular flexibility index (Phi) is 4.58. The van der Waals surface area contributed by atoms with Crippen LogP contribution in [-0.2, 0) is 23.8 Å². The van der Waals surface area contributed by atoms with Crippen LogP contribution >= 0.6 is 0 Å². The average Bonchev–Trinajstić information content (AvgIpc) is 3.06. The maximum Gasteiger partial charge on any atom is 0.302 e. The van der Waals surface area contributed by atoms with Gasteiger partial charge in [0.1, 0.15) is 12.2 Å². The highest BCUT2D eigenvalue weighted by atomic mass is 16.5. The molecule has 5 fully saturated rings. The van der Waals surface area contributed by atoms with Gasteiger partial charge in [0, 0.05) is 24.7 Å². The van der Waals surface area contributed by atoms with E-state index in [2.05, 4.69) is 13.8 Å². The second-order valence-electron chi connectivity index (χ2n) is 10.9. The van der Waals surface area contributed by atoms with Gasteiger partial charge in [0.2, 0.25) is 0 Å². The van der Waals surface area contributed by atoms with E-state index >= 15 is 0 Å². The monoisotopic (exact) mass is 404 g/mol. The second-order valence-corrected chi connectivity index (χ2v) is 10.9. The molecule has 162 valence electrons. The Labute approximate surface area is 174 Å². The highest BCUT2D eigenvalue weighted by Gasteiger charge is 2.69. The molecule has 1 aliphatic heterocycles. The number of hydrogen-bond donors (Lipinski definition) is 0. The van der Waals surface area contributed by atoms with Crippen LogP contribution in [0, 0.1) is 34.5 Å². The van der Waals surface area contributed by atoms with Gasteiger partial charge in [-0.15, -0.1) is 0 Å². The fourth-order valence-corrected chi connectivity index (χ4v) is 8.92. The fraction of sp³-hybridized carbons (Fsp3) is 0.917. The van der Waals surface area contributed by atoms with E-state index in [1.54, 1.807) is 6.92 Å². The van der Waals surface area contributed by atoms with Gasteiger partial charge in [-0.25, -0.2) is 0 Å². The Morgan fingerprint density at radius 3 is 2.38 bits per heavy atom.